The molecule has 0 amide bonds. The van der Waals surface area contributed by atoms with Crippen LogP contribution in [0, 0.1) is 5.92 Å². The molecule has 4 unspecified atom stereocenters. The largest absolute Gasteiger partial charge is 0.469 e. The minimum absolute atomic E-state index is 0.248. The lowest BCUT2D eigenvalue weighted by atomic mass is 10.0. The Morgan fingerprint density at radius 3 is 2.32 bits per heavy atom. The fraction of sp³-hybridized carbons (Fsp3) is 0.923. The number of carbonyl (C=O) groups is 1. The Bertz CT molecular complexity index is 320. The second kappa shape index (κ2) is 6.17. The number of ether oxygens (including phenoxy) is 5. The summed E-state index contributed by atoms with van der Waals surface area (Å²) in [4.78, 5) is 11.4. The Labute approximate surface area is 114 Å². The van der Waals surface area contributed by atoms with E-state index in [1.54, 1.807) is 20.8 Å². The highest BCUT2D eigenvalue weighted by Gasteiger charge is 2.53. The predicted molar refractivity (Wildman–Crippen MR) is 67.5 cm³/mol. The molecule has 0 aromatic carbocycles. The smallest absolute Gasteiger partial charge is 0.308 e. The molecule has 1 heterocycles. The number of carbonyl (C=O) groups excluding carboxylic acids is 1. The van der Waals surface area contributed by atoms with Crippen molar-refractivity contribution in [3.8, 4) is 0 Å². The summed E-state index contributed by atoms with van der Waals surface area (Å²) in [5.41, 5.74) is 0. The van der Waals surface area contributed by atoms with Crippen molar-refractivity contribution in [3.63, 3.8) is 0 Å². The van der Waals surface area contributed by atoms with Gasteiger partial charge in [-0.3, -0.25) is 4.79 Å². The minimum atomic E-state index is -1.03. The highest BCUT2D eigenvalue weighted by atomic mass is 16.8. The summed E-state index contributed by atoms with van der Waals surface area (Å²) in [6.07, 6.45) is 0.257. The van der Waals surface area contributed by atoms with E-state index in [4.69, 9.17) is 23.7 Å². The van der Waals surface area contributed by atoms with Crippen molar-refractivity contribution in [2.45, 2.75) is 44.9 Å². The summed E-state index contributed by atoms with van der Waals surface area (Å²) in [6.45, 7) is 5.65. The Kier molecular flexibility index (Phi) is 5.32. The number of methoxy groups -OCH3 is 3. The van der Waals surface area contributed by atoms with Gasteiger partial charge in [-0.25, -0.2) is 0 Å². The monoisotopic (exact) mass is 276 g/mol. The predicted octanol–water partition coefficient (Wildman–Crippen LogP) is 1.33. The molecule has 0 aromatic heterocycles. The van der Waals surface area contributed by atoms with Crippen LogP contribution in [0.3, 0.4) is 0 Å². The standard InChI is InChI=1S/C13H24O6/c1-9(11(14)15-4)7-10-8-18-12(2,16-5)13(3,17-6)19-10/h9-10H,7-8H2,1-6H3. The van der Waals surface area contributed by atoms with Gasteiger partial charge in [0.1, 0.15) is 0 Å². The van der Waals surface area contributed by atoms with Crippen LogP contribution < -0.4 is 0 Å². The number of esters is 1. The van der Waals surface area contributed by atoms with Crippen LogP contribution in [0.1, 0.15) is 27.2 Å². The van der Waals surface area contributed by atoms with Crippen LogP contribution in [-0.4, -0.2) is 51.6 Å². The number of rotatable bonds is 5. The van der Waals surface area contributed by atoms with Crippen molar-refractivity contribution in [2.75, 3.05) is 27.9 Å². The van der Waals surface area contributed by atoms with Crippen molar-refractivity contribution < 1.29 is 28.5 Å². The van der Waals surface area contributed by atoms with Crippen LogP contribution in [0.15, 0.2) is 0 Å². The van der Waals surface area contributed by atoms with E-state index >= 15 is 0 Å². The SMILES string of the molecule is COC(=O)C(C)CC1COC(C)(OC)C(C)(OC)O1. The van der Waals surface area contributed by atoms with E-state index in [2.05, 4.69) is 0 Å². The van der Waals surface area contributed by atoms with Crippen LogP contribution in [0.4, 0.5) is 0 Å². The Balaban J connectivity index is 2.70. The lowest BCUT2D eigenvalue weighted by molar-refractivity contribution is -0.432. The summed E-state index contributed by atoms with van der Waals surface area (Å²) < 4.78 is 27.1. The average molecular weight is 276 g/mol. The third-order valence-electron chi connectivity index (χ3n) is 3.76. The molecular weight excluding hydrogens is 252 g/mol. The molecule has 0 saturated carbocycles. The first-order valence-electron chi connectivity index (χ1n) is 6.31. The molecule has 1 rings (SSSR count). The van der Waals surface area contributed by atoms with Gasteiger partial charge in [-0.15, -0.1) is 0 Å². The lowest BCUT2D eigenvalue weighted by Gasteiger charge is -2.49. The topological polar surface area (TPSA) is 63.2 Å². The van der Waals surface area contributed by atoms with Gasteiger partial charge in [-0.05, 0) is 20.3 Å². The molecule has 0 spiro atoms. The van der Waals surface area contributed by atoms with E-state index in [0.29, 0.717) is 13.0 Å². The Morgan fingerprint density at radius 2 is 1.84 bits per heavy atom. The fourth-order valence-electron chi connectivity index (χ4n) is 2.13. The summed E-state index contributed by atoms with van der Waals surface area (Å²) in [7, 11) is 4.45. The fourth-order valence-corrected chi connectivity index (χ4v) is 2.13. The molecule has 0 aliphatic carbocycles. The molecule has 6 nitrogen and oxygen atoms in total. The third kappa shape index (κ3) is 3.25. The molecule has 1 fully saturated rings. The van der Waals surface area contributed by atoms with Gasteiger partial charge in [0, 0.05) is 14.2 Å². The second-order valence-corrected chi connectivity index (χ2v) is 5.01. The minimum Gasteiger partial charge on any atom is -0.469 e. The highest BCUT2D eigenvalue weighted by molar-refractivity contribution is 5.71. The number of hydrogen-bond donors (Lipinski definition) is 0. The van der Waals surface area contributed by atoms with Crippen molar-refractivity contribution >= 4 is 5.97 Å². The van der Waals surface area contributed by atoms with Crippen LogP contribution in [0.5, 0.6) is 0 Å². The summed E-state index contributed by atoms with van der Waals surface area (Å²) >= 11 is 0. The molecule has 1 saturated heterocycles. The molecule has 19 heavy (non-hydrogen) atoms. The van der Waals surface area contributed by atoms with Crippen LogP contribution in [0.2, 0.25) is 0 Å². The van der Waals surface area contributed by atoms with E-state index in [1.165, 1.54) is 21.3 Å². The van der Waals surface area contributed by atoms with E-state index < -0.39 is 11.6 Å². The van der Waals surface area contributed by atoms with Gasteiger partial charge < -0.3 is 23.7 Å². The van der Waals surface area contributed by atoms with Gasteiger partial charge in [-0.1, -0.05) is 6.92 Å². The number of hydrogen-bond acceptors (Lipinski definition) is 6. The van der Waals surface area contributed by atoms with Crippen molar-refractivity contribution in [3.05, 3.63) is 0 Å². The quantitative estimate of drug-likeness (QED) is 0.706. The summed E-state index contributed by atoms with van der Waals surface area (Å²) in [6, 6.07) is 0. The van der Waals surface area contributed by atoms with Crippen LogP contribution >= 0.6 is 0 Å². The van der Waals surface area contributed by atoms with Crippen molar-refractivity contribution in [1.82, 2.24) is 0 Å². The Hall–Kier alpha value is -0.690. The molecule has 6 heteroatoms. The van der Waals surface area contributed by atoms with E-state index in [0.717, 1.165) is 0 Å². The van der Waals surface area contributed by atoms with E-state index in [9.17, 15) is 4.79 Å². The first kappa shape index (κ1) is 16.4. The molecule has 0 radical (unpaired) electrons. The van der Waals surface area contributed by atoms with Gasteiger partial charge in [-0.2, -0.15) is 0 Å². The molecule has 1 aliphatic heterocycles. The zero-order valence-electron chi connectivity index (χ0n) is 12.5. The highest BCUT2D eigenvalue weighted by Crippen LogP contribution is 2.37. The van der Waals surface area contributed by atoms with Gasteiger partial charge >= 0.3 is 5.97 Å². The van der Waals surface area contributed by atoms with Crippen LogP contribution in [-0.2, 0) is 28.5 Å². The third-order valence-corrected chi connectivity index (χ3v) is 3.76. The first-order valence-corrected chi connectivity index (χ1v) is 6.31. The first-order chi connectivity index (χ1) is 8.81. The normalized spacial score (nSPS) is 36.8. The Morgan fingerprint density at radius 1 is 1.26 bits per heavy atom. The molecule has 4 atom stereocenters. The lowest BCUT2D eigenvalue weighted by Crippen LogP contribution is -2.62. The molecule has 0 bridgehead atoms. The van der Waals surface area contributed by atoms with E-state index in [-0.39, 0.29) is 18.0 Å². The van der Waals surface area contributed by atoms with E-state index in [1.807, 2.05) is 0 Å². The van der Waals surface area contributed by atoms with Gasteiger partial charge in [0.15, 0.2) is 0 Å². The molecule has 0 aromatic rings. The second-order valence-electron chi connectivity index (χ2n) is 5.01. The maximum atomic E-state index is 11.4. The summed E-state index contributed by atoms with van der Waals surface area (Å²) in [5, 5.41) is 0. The molecule has 1 aliphatic rings. The molecule has 112 valence electrons. The summed E-state index contributed by atoms with van der Waals surface area (Å²) in [5.74, 6) is -2.53. The van der Waals surface area contributed by atoms with Gasteiger partial charge in [0.25, 0.3) is 0 Å². The zero-order chi connectivity index (χ0) is 14.7. The average Bonchev–Trinajstić information content (AvgIpc) is 2.41. The maximum Gasteiger partial charge on any atom is 0.308 e. The van der Waals surface area contributed by atoms with Crippen LogP contribution in [0.25, 0.3) is 0 Å². The van der Waals surface area contributed by atoms with Gasteiger partial charge in [0.05, 0.1) is 25.7 Å². The zero-order valence-corrected chi connectivity index (χ0v) is 12.5. The van der Waals surface area contributed by atoms with Crippen molar-refractivity contribution in [2.24, 2.45) is 5.92 Å². The maximum absolute atomic E-state index is 11.4. The van der Waals surface area contributed by atoms with Crippen molar-refractivity contribution in [1.29, 1.82) is 0 Å². The molecule has 0 N–H and O–H groups in total. The van der Waals surface area contributed by atoms with Gasteiger partial charge in [0.2, 0.25) is 11.6 Å². The molecular formula is C13H24O6.